The maximum Gasteiger partial charge on any atom is 0.0381 e. The Morgan fingerprint density at radius 3 is 2.69 bits per heavy atom. The fraction of sp³-hybridized carbons (Fsp3) is 0.571. The molecule has 1 aliphatic rings. The third-order valence-electron chi connectivity index (χ3n) is 3.43. The molecule has 1 saturated carbocycles. The highest BCUT2D eigenvalue weighted by Gasteiger charge is 2.20. The molecule has 16 heavy (non-hydrogen) atoms. The maximum atomic E-state index is 3.64. The Balaban J connectivity index is 2.01. The number of rotatable bonds is 3. The molecule has 2 unspecified atom stereocenters. The minimum atomic E-state index is 0.674. The minimum Gasteiger partial charge on any atom is -0.382 e. The molecule has 1 aliphatic carbocycles. The lowest BCUT2D eigenvalue weighted by atomic mass is 10.1. The van der Waals surface area contributed by atoms with E-state index in [4.69, 9.17) is 0 Å². The summed E-state index contributed by atoms with van der Waals surface area (Å²) in [5.41, 5.74) is 2.52. The molecule has 1 aromatic rings. The zero-order valence-corrected chi connectivity index (χ0v) is 10.5. The first-order valence-corrected chi connectivity index (χ1v) is 6.19. The summed E-state index contributed by atoms with van der Waals surface area (Å²) in [6.07, 6.45) is 3.99. The zero-order valence-electron chi connectivity index (χ0n) is 10.5. The van der Waals surface area contributed by atoms with Crippen molar-refractivity contribution in [2.45, 2.75) is 32.2 Å². The first-order valence-electron chi connectivity index (χ1n) is 6.19. The first kappa shape index (κ1) is 11.3. The van der Waals surface area contributed by atoms with E-state index >= 15 is 0 Å². The Hall–Kier alpha value is -1.18. The topological polar surface area (TPSA) is 15.3 Å². The molecule has 88 valence electrons. The first-order chi connectivity index (χ1) is 7.65. The molecule has 2 heteroatoms. The van der Waals surface area contributed by atoms with E-state index in [0.29, 0.717) is 6.04 Å². The van der Waals surface area contributed by atoms with Gasteiger partial charge in [0.25, 0.3) is 0 Å². The average molecular weight is 218 g/mol. The Kier molecular flexibility index (Phi) is 3.37. The van der Waals surface area contributed by atoms with Crippen molar-refractivity contribution >= 4 is 11.4 Å². The number of anilines is 2. The van der Waals surface area contributed by atoms with Crippen molar-refractivity contribution in [1.82, 2.24) is 0 Å². The summed E-state index contributed by atoms with van der Waals surface area (Å²) in [6.45, 7) is 2.35. The molecular weight excluding hydrogens is 196 g/mol. The van der Waals surface area contributed by atoms with E-state index < -0.39 is 0 Å². The van der Waals surface area contributed by atoms with Crippen LogP contribution >= 0.6 is 0 Å². The summed E-state index contributed by atoms with van der Waals surface area (Å²) in [4.78, 5) is 2.14. The van der Waals surface area contributed by atoms with Gasteiger partial charge in [0.2, 0.25) is 0 Å². The van der Waals surface area contributed by atoms with Crippen molar-refractivity contribution < 1.29 is 0 Å². The van der Waals surface area contributed by atoms with E-state index in [9.17, 15) is 0 Å². The molecule has 0 heterocycles. The van der Waals surface area contributed by atoms with E-state index in [2.05, 4.69) is 55.5 Å². The molecule has 0 radical (unpaired) electrons. The molecule has 2 nitrogen and oxygen atoms in total. The summed E-state index contributed by atoms with van der Waals surface area (Å²) in [5, 5.41) is 3.64. The Labute approximate surface area is 98.7 Å². The zero-order chi connectivity index (χ0) is 11.5. The molecule has 0 aliphatic heterocycles. The van der Waals surface area contributed by atoms with Crippen LogP contribution in [-0.4, -0.2) is 20.1 Å². The molecule has 0 spiro atoms. The predicted octanol–water partition coefficient (Wildman–Crippen LogP) is 3.35. The largest absolute Gasteiger partial charge is 0.382 e. The highest BCUT2D eigenvalue weighted by molar-refractivity contribution is 5.57. The van der Waals surface area contributed by atoms with Crippen molar-refractivity contribution in [2.24, 2.45) is 5.92 Å². The van der Waals surface area contributed by atoms with Crippen molar-refractivity contribution in [1.29, 1.82) is 0 Å². The molecule has 1 aromatic carbocycles. The molecule has 2 rings (SSSR count). The van der Waals surface area contributed by atoms with Crippen LogP contribution < -0.4 is 10.2 Å². The van der Waals surface area contributed by atoms with Gasteiger partial charge in [-0.2, -0.15) is 0 Å². The SMILES string of the molecule is CC1CCC(Nc2cccc(N(C)C)c2)C1. The van der Waals surface area contributed by atoms with Crippen LogP contribution in [0.3, 0.4) is 0 Å². The summed E-state index contributed by atoms with van der Waals surface area (Å²) in [5.74, 6) is 0.884. The van der Waals surface area contributed by atoms with Gasteiger partial charge in [-0.3, -0.25) is 0 Å². The highest BCUT2D eigenvalue weighted by atomic mass is 15.1. The number of benzene rings is 1. The molecular formula is C14H22N2. The van der Waals surface area contributed by atoms with Crippen molar-refractivity contribution in [3.63, 3.8) is 0 Å². The monoisotopic (exact) mass is 218 g/mol. The molecule has 1 N–H and O–H groups in total. The fourth-order valence-electron chi connectivity index (χ4n) is 2.45. The van der Waals surface area contributed by atoms with Crippen LogP contribution in [0, 0.1) is 5.92 Å². The van der Waals surface area contributed by atoms with Crippen molar-refractivity contribution in [3.05, 3.63) is 24.3 Å². The summed E-state index contributed by atoms with van der Waals surface area (Å²) in [6, 6.07) is 9.32. The van der Waals surface area contributed by atoms with Gasteiger partial charge in [0, 0.05) is 31.5 Å². The van der Waals surface area contributed by atoms with Gasteiger partial charge in [-0.15, -0.1) is 0 Å². The van der Waals surface area contributed by atoms with E-state index in [1.165, 1.54) is 30.6 Å². The molecule has 1 fully saturated rings. The van der Waals surface area contributed by atoms with Gasteiger partial charge in [-0.25, -0.2) is 0 Å². The van der Waals surface area contributed by atoms with Gasteiger partial charge >= 0.3 is 0 Å². The quantitative estimate of drug-likeness (QED) is 0.837. The summed E-state index contributed by atoms with van der Waals surface area (Å²) < 4.78 is 0. The van der Waals surface area contributed by atoms with E-state index in [1.807, 2.05) is 0 Å². The van der Waals surface area contributed by atoms with Gasteiger partial charge in [0.15, 0.2) is 0 Å². The second-order valence-electron chi connectivity index (χ2n) is 5.20. The molecule has 2 atom stereocenters. The maximum absolute atomic E-state index is 3.64. The Morgan fingerprint density at radius 2 is 2.06 bits per heavy atom. The lowest BCUT2D eigenvalue weighted by Gasteiger charge is -2.17. The molecule has 0 aromatic heterocycles. The summed E-state index contributed by atoms with van der Waals surface area (Å²) in [7, 11) is 4.16. The smallest absolute Gasteiger partial charge is 0.0381 e. The number of nitrogens with zero attached hydrogens (tertiary/aromatic N) is 1. The lowest BCUT2D eigenvalue weighted by molar-refractivity contribution is 0.602. The Bertz CT molecular complexity index is 346. The van der Waals surface area contributed by atoms with Crippen LogP contribution in [0.1, 0.15) is 26.2 Å². The Morgan fingerprint density at radius 1 is 1.25 bits per heavy atom. The molecule has 0 amide bonds. The lowest BCUT2D eigenvalue weighted by Crippen LogP contribution is -2.16. The highest BCUT2D eigenvalue weighted by Crippen LogP contribution is 2.28. The van der Waals surface area contributed by atoms with E-state index in [-0.39, 0.29) is 0 Å². The summed E-state index contributed by atoms with van der Waals surface area (Å²) >= 11 is 0. The predicted molar refractivity (Wildman–Crippen MR) is 71.2 cm³/mol. The van der Waals surface area contributed by atoms with Crippen LogP contribution in [0.5, 0.6) is 0 Å². The van der Waals surface area contributed by atoms with Gasteiger partial charge in [0.05, 0.1) is 0 Å². The van der Waals surface area contributed by atoms with Crippen LogP contribution in [0.2, 0.25) is 0 Å². The van der Waals surface area contributed by atoms with Crippen LogP contribution in [0.4, 0.5) is 11.4 Å². The molecule has 0 bridgehead atoms. The van der Waals surface area contributed by atoms with E-state index in [1.54, 1.807) is 0 Å². The van der Waals surface area contributed by atoms with Crippen LogP contribution in [-0.2, 0) is 0 Å². The average Bonchev–Trinajstić information content (AvgIpc) is 2.64. The van der Waals surface area contributed by atoms with Gasteiger partial charge in [-0.1, -0.05) is 13.0 Å². The van der Waals surface area contributed by atoms with Crippen LogP contribution in [0.25, 0.3) is 0 Å². The van der Waals surface area contributed by atoms with E-state index in [0.717, 1.165) is 5.92 Å². The van der Waals surface area contributed by atoms with Gasteiger partial charge in [-0.05, 0) is 43.4 Å². The van der Waals surface area contributed by atoms with Crippen molar-refractivity contribution in [2.75, 3.05) is 24.3 Å². The fourth-order valence-corrected chi connectivity index (χ4v) is 2.45. The third kappa shape index (κ3) is 2.69. The minimum absolute atomic E-state index is 0.674. The molecule has 0 saturated heterocycles. The normalized spacial score (nSPS) is 24.4. The van der Waals surface area contributed by atoms with Crippen molar-refractivity contribution in [3.8, 4) is 0 Å². The van der Waals surface area contributed by atoms with Crippen LogP contribution in [0.15, 0.2) is 24.3 Å². The number of hydrogen-bond acceptors (Lipinski definition) is 2. The number of hydrogen-bond donors (Lipinski definition) is 1. The third-order valence-corrected chi connectivity index (χ3v) is 3.43. The van der Waals surface area contributed by atoms with Gasteiger partial charge < -0.3 is 10.2 Å². The number of nitrogens with one attached hydrogen (secondary N) is 1. The standard InChI is InChI=1S/C14H22N2/c1-11-7-8-13(9-11)15-12-5-4-6-14(10-12)16(2)3/h4-6,10-11,13,15H,7-9H2,1-3H3. The second-order valence-corrected chi connectivity index (χ2v) is 5.20. The van der Waals surface area contributed by atoms with Gasteiger partial charge in [0.1, 0.15) is 0 Å². The second kappa shape index (κ2) is 4.77.